The van der Waals surface area contributed by atoms with E-state index in [1.165, 1.54) is 21.0 Å². The van der Waals surface area contributed by atoms with Gasteiger partial charge in [-0.1, -0.05) is 19.4 Å². The van der Waals surface area contributed by atoms with E-state index in [9.17, 15) is 19.2 Å². The summed E-state index contributed by atoms with van der Waals surface area (Å²) in [5.74, 6) is -0.826. The Hall–Kier alpha value is -2.38. The SMILES string of the molecule is COC(=O)O[C@H]1C=C2C[C@@H](OC(C)=O)CC[C@]2(C)C2C1C1CCC(=O)[C@@]1(C)C[C@H]2OC(C)=O. The molecule has 8 nitrogen and oxygen atoms in total. The van der Waals surface area contributed by atoms with Crippen molar-refractivity contribution in [1.82, 2.24) is 0 Å². The first-order valence-electron chi connectivity index (χ1n) is 11.8. The molecule has 4 rings (SSSR count). The summed E-state index contributed by atoms with van der Waals surface area (Å²) in [6.45, 7) is 6.93. The van der Waals surface area contributed by atoms with Crippen LogP contribution in [-0.4, -0.2) is 49.3 Å². The van der Waals surface area contributed by atoms with Crippen molar-refractivity contribution in [2.24, 2.45) is 28.6 Å². The van der Waals surface area contributed by atoms with Gasteiger partial charge < -0.3 is 18.9 Å². The van der Waals surface area contributed by atoms with E-state index in [1.807, 2.05) is 13.0 Å². The molecule has 0 aromatic rings. The summed E-state index contributed by atoms with van der Waals surface area (Å²) < 4.78 is 22.0. The molecule has 0 N–H and O–H groups in total. The summed E-state index contributed by atoms with van der Waals surface area (Å²) in [5, 5.41) is 0. The quantitative estimate of drug-likeness (QED) is 0.355. The number of carbonyl (C=O) groups is 4. The molecule has 0 amide bonds. The fourth-order valence-corrected chi connectivity index (χ4v) is 7.38. The standard InChI is InChI=1S/C25H34O8/c1-13(26)31-16-8-9-24(3)15(10-16)11-18(33-23(29)30-5)21-17-6-7-20(28)25(17,4)12-19(22(21)24)32-14(2)27/h11,16-19,21-22H,6-10,12H2,1-5H3/t16-,17?,18-,19+,21?,22?,24-,25-/m0/s1. The first-order chi connectivity index (χ1) is 15.5. The van der Waals surface area contributed by atoms with Crippen LogP contribution in [0.5, 0.6) is 0 Å². The summed E-state index contributed by atoms with van der Waals surface area (Å²) in [4.78, 5) is 48.9. The molecule has 0 spiro atoms. The minimum atomic E-state index is -0.785. The maximum Gasteiger partial charge on any atom is 0.508 e. The zero-order valence-electron chi connectivity index (χ0n) is 20.1. The second-order valence-electron chi connectivity index (χ2n) is 10.6. The normalized spacial score (nSPS) is 41.6. The van der Waals surface area contributed by atoms with Crippen molar-refractivity contribution in [1.29, 1.82) is 0 Å². The Morgan fingerprint density at radius 1 is 1.00 bits per heavy atom. The largest absolute Gasteiger partial charge is 0.508 e. The van der Waals surface area contributed by atoms with Gasteiger partial charge in [0.15, 0.2) is 0 Å². The number of hydrogen-bond donors (Lipinski definition) is 0. The molecule has 0 bridgehead atoms. The molecule has 182 valence electrons. The first-order valence-corrected chi connectivity index (χ1v) is 11.8. The van der Waals surface area contributed by atoms with Crippen LogP contribution >= 0.6 is 0 Å². The van der Waals surface area contributed by atoms with Crippen molar-refractivity contribution in [3.05, 3.63) is 11.6 Å². The Balaban J connectivity index is 1.81. The van der Waals surface area contributed by atoms with Crippen LogP contribution in [0.25, 0.3) is 0 Å². The van der Waals surface area contributed by atoms with E-state index in [0.29, 0.717) is 25.7 Å². The molecule has 0 radical (unpaired) electrons. The van der Waals surface area contributed by atoms with Crippen LogP contribution in [0.4, 0.5) is 4.79 Å². The number of methoxy groups -OCH3 is 1. The average molecular weight is 463 g/mol. The molecule has 3 fully saturated rings. The average Bonchev–Trinajstić information content (AvgIpc) is 3.02. The Bertz CT molecular complexity index is 893. The van der Waals surface area contributed by atoms with E-state index in [0.717, 1.165) is 18.4 Å². The smallest absolute Gasteiger partial charge is 0.462 e. The van der Waals surface area contributed by atoms with Crippen LogP contribution in [0.3, 0.4) is 0 Å². The molecular formula is C25H34O8. The molecule has 0 heterocycles. The van der Waals surface area contributed by atoms with Gasteiger partial charge in [-0.25, -0.2) is 4.79 Å². The molecule has 4 aliphatic carbocycles. The minimum absolute atomic E-state index is 0.0114. The van der Waals surface area contributed by atoms with E-state index in [2.05, 4.69) is 6.92 Å². The predicted octanol–water partition coefficient (Wildman–Crippen LogP) is 3.75. The van der Waals surface area contributed by atoms with Crippen LogP contribution in [0.15, 0.2) is 11.6 Å². The molecule has 0 saturated heterocycles. The lowest BCUT2D eigenvalue weighted by molar-refractivity contribution is -0.184. The van der Waals surface area contributed by atoms with Gasteiger partial charge in [-0.05, 0) is 43.1 Å². The highest BCUT2D eigenvalue weighted by Gasteiger charge is 2.65. The van der Waals surface area contributed by atoms with Crippen molar-refractivity contribution in [2.45, 2.75) is 84.5 Å². The second-order valence-corrected chi connectivity index (χ2v) is 10.6. The highest BCUT2D eigenvalue weighted by atomic mass is 16.7. The number of esters is 2. The third-order valence-electron chi connectivity index (χ3n) is 8.74. The van der Waals surface area contributed by atoms with Crippen molar-refractivity contribution in [3.63, 3.8) is 0 Å². The third-order valence-corrected chi connectivity index (χ3v) is 8.74. The summed E-state index contributed by atoms with van der Waals surface area (Å²) in [5.41, 5.74) is 0.0836. The molecule has 3 saturated carbocycles. The van der Waals surface area contributed by atoms with E-state index >= 15 is 0 Å². The highest BCUT2D eigenvalue weighted by Crippen LogP contribution is 2.65. The fourth-order valence-electron chi connectivity index (χ4n) is 7.38. The van der Waals surface area contributed by atoms with Gasteiger partial charge in [-0.2, -0.15) is 0 Å². The Morgan fingerprint density at radius 3 is 2.33 bits per heavy atom. The summed E-state index contributed by atoms with van der Waals surface area (Å²) >= 11 is 0. The van der Waals surface area contributed by atoms with Crippen molar-refractivity contribution >= 4 is 23.9 Å². The molecule has 4 aliphatic rings. The summed E-state index contributed by atoms with van der Waals surface area (Å²) in [6, 6.07) is 0. The molecule has 0 aromatic heterocycles. The van der Waals surface area contributed by atoms with Gasteiger partial charge in [0.1, 0.15) is 24.1 Å². The fraction of sp³-hybridized carbons (Fsp3) is 0.760. The molecule has 3 unspecified atom stereocenters. The van der Waals surface area contributed by atoms with E-state index in [1.54, 1.807) is 0 Å². The molecular weight excluding hydrogens is 428 g/mol. The maximum absolute atomic E-state index is 13.0. The Morgan fingerprint density at radius 2 is 1.70 bits per heavy atom. The lowest BCUT2D eigenvalue weighted by Gasteiger charge is -2.60. The van der Waals surface area contributed by atoms with E-state index in [4.69, 9.17) is 18.9 Å². The van der Waals surface area contributed by atoms with E-state index < -0.39 is 23.8 Å². The number of ether oxygens (including phenoxy) is 4. The third kappa shape index (κ3) is 3.95. The van der Waals surface area contributed by atoms with Crippen LogP contribution < -0.4 is 0 Å². The predicted molar refractivity (Wildman–Crippen MR) is 116 cm³/mol. The van der Waals surface area contributed by atoms with Crippen LogP contribution in [0.1, 0.15) is 66.2 Å². The number of rotatable bonds is 3. The van der Waals surface area contributed by atoms with Crippen LogP contribution in [0, 0.1) is 28.6 Å². The van der Waals surface area contributed by atoms with Gasteiger partial charge in [0.25, 0.3) is 0 Å². The topological polar surface area (TPSA) is 105 Å². The lowest BCUT2D eigenvalue weighted by Crippen LogP contribution is -2.61. The molecule has 8 atom stereocenters. The Labute approximate surface area is 194 Å². The van der Waals surface area contributed by atoms with Crippen molar-refractivity contribution in [3.8, 4) is 0 Å². The van der Waals surface area contributed by atoms with Gasteiger partial charge in [0.2, 0.25) is 0 Å². The van der Waals surface area contributed by atoms with Gasteiger partial charge in [0.05, 0.1) is 7.11 Å². The molecule has 8 heteroatoms. The monoisotopic (exact) mass is 462 g/mol. The van der Waals surface area contributed by atoms with Crippen LogP contribution in [-0.2, 0) is 33.3 Å². The second kappa shape index (κ2) is 8.44. The number of fused-ring (bicyclic) bond motifs is 5. The van der Waals surface area contributed by atoms with Gasteiger partial charge in [-0.3, -0.25) is 14.4 Å². The zero-order chi connectivity index (χ0) is 24.1. The number of carbonyl (C=O) groups excluding carboxylic acids is 4. The zero-order valence-corrected chi connectivity index (χ0v) is 20.1. The number of hydrogen-bond acceptors (Lipinski definition) is 8. The molecule has 0 aromatic carbocycles. The van der Waals surface area contributed by atoms with Gasteiger partial charge in [0, 0.05) is 43.9 Å². The van der Waals surface area contributed by atoms with Gasteiger partial charge in [-0.15, -0.1) is 0 Å². The first kappa shape index (κ1) is 23.8. The number of ketones is 1. The highest BCUT2D eigenvalue weighted by molar-refractivity contribution is 5.87. The lowest BCUT2D eigenvalue weighted by atomic mass is 9.46. The minimum Gasteiger partial charge on any atom is -0.462 e. The van der Waals surface area contributed by atoms with E-state index in [-0.39, 0.29) is 47.0 Å². The Kier molecular flexibility index (Phi) is 6.08. The summed E-state index contributed by atoms with van der Waals surface area (Å²) in [7, 11) is 1.27. The van der Waals surface area contributed by atoms with Crippen molar-refractivity contribution in [2.75, 3.05) is 7.11 Å². The molecule has 33 heavy (non-hydrogen) atoms. The molecule has 0 aliphatic heterocycles. The van der Waals surface area contributed by atoms with Crippen molar-refractivity contribution < 1.29 is 38.1 Å². The maximum atomic E-state index is 13.0. The summed E-state index contributed by atoms with van der Waals surface area (Å²) in [6.07, 6.45) is 3.51. The van der Waals surface area contributed by atoms with Gasteiger partial charge >= 0.3 is 18.1 Å². The number of Topliss-reactive ketones (excluding diaryl/α,β-unsaturated/α-hetero) is 1. The van der Waals surface area contributed by atoms with Crippen LogP contribution in [0.2, 0.25) is 0 Å².